The summed E-state index contributed by atoms with van der Waals surface area (Å²) in [4.78, 5) is 27.2. The van der Waals surface area contributed by atoms with Gasteiger partial charge < -0.3 is 20.1 Å². The largest absolute Gasteiger partial charge is 0.367 e. The number of anilines is 1. The molecule has 1 aliphatic heterocycles. The molecule has 1 amide bonds. The van der Waals surface area contributed by atoms with Crippen molar-refractivity contribution in [2.24, 2.45) is 0 Å². The van der Waals surface area contributed by atoms with Gasteiger partial charge in [-0.2, -0.15) is 0 Å². The van der Waals surface area contributed by atoms with Crippen molar-refractivity contribution in [2.75, 3.05) is 37.6 Å². The summed E-state index contributed by atoms with van der Waals surface area (Å²) in [6.45, 7) is 7.73. The number of aromatic nitrogens is 2. The lowest BCUT2D eigenvalue weighted by Gasteiger charge is -2.38. The van der Waals surface area contributed by atoms with Crippen LogP contribution in [0.2, 0.25) is 5.02 Å². The van der Waals surface area contributed by atoms with Gasteiger partial charge in [-0.15, -0.1) is 11.3 Å². The van der Waals surface area contributed by atoms with Gasteiger partial charge in [0.25, 0.3) is 0 Å². The van der Waals surface area contributed by atoms with Gasteiger partial charge in [-0.1, -0.05) is 43.6 Å². The van der Waals surface area contributed by atoms with Crippen LogP contribution in [0.5, 0.6) is 0 Å². The molecule has 1 aliphatic rings. The van der Waals surface area contributed by atoms with E-state index < -0.39 is 0 Å². The number of aromatic amines is 1. The van der Waals surface area contributed by atoms with Gasteiger partial charge in [-0.25, -0.2) is 4.98 Å². The Kier molecular flexibility index (Phi) is 7.09. The van der Waals surface area contributed by atoms with E-state index >= 15 is 0 Å². The zero-order valence-corrected chi connectivity index (χ0v) is 21.6. The second-order valence-corrected chi connectivity index (χ2v) is 10.6. The van der Waals surface area contributed by atoms with Crippen molar-refractivity contribution in [3.8, 4) is 10.4 Å². The SMILES string of the molecule is CC(C)NCC(C(=O)N1CCN(c2c(-c3cccs3)cnc3[nH]ccc23)CC1)c1ccc(Cl)cc1. The first-order valence-electron chi connectivity index (χ1n) is 12.0. The van der Waals surface area contributed by atoms with Crippen LogP contribution in [-0.2, 0) is 4.79 Å². The summed E-state index contributed by atoms with van der Waals surface area (Å²) in [7, 11) is 0. The molecule has 35 heavy (non-hydrogen) atoms. The van der Waals surface area contributed by atoms with Crippen molar-refractivity contribution in [3.63, 3.8) is 0 Å². The number of fused-ring (bicyclic) bond motifs is 1. The first kappa shape index (κ1) is 23.9. The van der Waals surface area contributed by atoms with Crippen LogP contribution < -0.4 is 10.2 Å². The maximum atomic E-state index is 13.7. The van der Waals surface area contributed by atoms with Crippen molar-refractivity contribution in [1.82, 2.24) is 20.2 Å². The van der Waals surface area contributed by atoms with Gasteiger partial charge in [-0.05, 0) is 35.2 Å². The molecule has 0 radical (unpaired) electrons. The highest BCUT2D eigenvalue weighted by Crippen LogP contribution is 2.38. The first-order valence-corrected chi connectivity index (χ1v) is 13.3. The number of benzene rings is 1. The Bertz CT molecular complexity index is 1280. The minimum absolute atomic E-state index is 0.167. The molecule has 5 rings (SSSR count). The Balaban J connectivity index is 1.36. The van der Waals surface area contributed by atoms with Gasteiger partial charge in [0.15, 0.2) is 0 Å². The van der Waals surface area contributed by atoms with E-state index in [1.54, 1.807) is 11.3 Å². The van der Waals surface area contributed by atoms with E-state index in [-0.39, 0.29) is 11.8 Å². The van der Waals surface area contributed by atoms with E-state index in [2.05, 4.69) is 57.6 Å². The maximum absolute atomic E-state index is 13.7. The van der Waals surface area contributed by atoms with Crippen molar-refractivity contribution in [2.45, 2.75) is 25.8 Å². The summed E-state index contributed by atoms with van der Waals surface area (Å²) in [5.41, 5.74) is 4.23. The lowest BCUT2D eigenvalue weighted by Crippen LogP contribution is -2.51. The molecule has 1 unspecified atom stereocenters. The summed E-state index contributed by atoms with van der Waals surface area (Å²) >= 11 is 7.83. The van der Waals surface area contributed by atoms with E-state index in [1.807, 2.05) is 41.6 Å². The molecule has 0 spiro atoms. The van der Waals surface area contributed by atoms with Gasteiger partial charge in [0, 0.05) is 72.0 Å². The molecule has 1 fully saturated rings. The predicted molar refractivity (Wildman–Crippen MR) is 146 cm³/mol. The number of amides is 1. The highest BCUT2D eigenvalue weighted by Gasteiger charge is 2.30. The quantitative estimate of drug-likeness (QED) is 0.353. The normalized spacial score (nSPS) is 15.2. The molecule has 2 N–H and O–H groups in total. The van der Waals surface area contributed by atoms with Gasteiger partial charge >= 0.3 is 0 Å². The molecule has 182 valence electrons. The van der Waals surface area contributed by atoms with Crippen LogP contribution in [0.1, 0.15) is 25.3 Å². The van der Waals surface area contributed by atoms with Gasteiger partial charge in [0.2, 0.25) is 5.91 Å². The molecule has 0 saturated carbocycles. The molecule has 1 atom stereocenters. The number of carbonyl (C=O) groups excluding carboxylic acids is 1. The van der Waals surface area contributed by atoms with E-state index in [4.69, 9.17) is 11.6 Å². The van der Waals surface area contributed by atoms with Crippen LogP contribution in [0.25, 0.3) is 21.5 Å². The second-order valence-electron chi connectivity index (χ2n) is 9.22. The molecule has 0 bridgehead atoms. The van der Waals surface area contributed by atoms with E-state index in [0.717, 1.165) is 35.2 Å². The Morgan fingerprint density at radius 1 is 1.14 bits per heavy atom. The molecular formula is C27H30ClN5OS. The van der Waals surface area contributed by atoms with Crippen molar-refractivity contribution >= 4 is 45.6 Å². The second kappa shape index (κ2) is 10.4. The number of hydrogen-bond acceptors (Lipinski definition) is 5. The minimum atomic E-state index is -0.236. The first-order chi connectivity index (χ1) is 17.0. The van der Waals surface area contributed by atoms with Crippen molar-refractivity contribution in [1.29, 1.82) is 0 Å². The molecule has 4 aromatic rings. The predicted octanol–water partition coefficient (Wildman–Crippen LogP) is 5.38. The fourth-order valence-electron chi connectivity index (χ4n) is 4.71. The molecular weight excluding hydrogens is 478 g/mol. The third kappa shape index (κ3) is 5.08. The zero-order valence-electron chi connectivity index (χ0n) is 20.0. The Morgan fingerprint density at radius 2 is 1.91 bits per heavy atom. The van der Waals surface area contributed by atoms with Gasteiger partial charge in [-0.3, -0.25) is 4.79 Å². The smallest absolute Gasteiger partial charge is 0.231 e. The molecule has 8 heteroatoms. The summed E-state index contributed by atoms with van der Waals surface area (Å²) in [5, 5.41) is 7.35. The molecule has 6 nitrogen and oxygen atoms in total. The average Bonchev–Trinajstić information content (AvgIpc) is 3.57. The lowest BCUT2D eigenvalue weighted by molar-refractivity contribution is -0.133. The molecule has 1 aromatic carbocycles. The number of piperazine rings is 1. The highest BCUT2D eigenvalue weighted by molar-refractivity contribution is 7.13. The number of halogens is 1. The van der Waals surface area contributed by atoms with E-state index in [1.165, 1.54) is 10.6 Å². The molecule has 1 saturated heterocycles. The number of nitrogens with zero attached hydrogens (tertiary/aromatic N) is 3. The van der Waals surface area contributed by atoms with Crippen LogP contribution in [0.4, 0.5) is 5.69 Å². The van der Waals surface area contributed by atoms with Crippen molar-refractivity contribution < 1.29 is 4.79 Å². The monoisotopic (exact) mass is 507 g/mol. The number of H-pyrrole nitrogens is 1. The minimum Gasteiger partial charge on any atom is -0.367 e. The van der Waals surface area contributed by atoms with Crippen LogP contribution in [0, 0.1) is 0 Å². The maximum Gasteiger partial charge on any atom is 0.231 e. The van der Waals surface area contributed by atoms with Crippen LogP contribution in [-0.4, -0.2) is 59.5 Å². The van der Waals surface area contributed by atoms with Gasteiger partial charge in [0.1, 0.15) is 5.65 Å². The number of carbonyl (C=O) groups is 1. The van der Waals surface area contributed by atoms with Crippen LogP contribution in [0.3, 0.4) is 0 Å². The summed E-state index contributed by atoms with van der Waals surface area (Å²) < 4.78 is 0. The number of nitrogens with one attached hydrogen (secondary N) is 2. The number of rotatable bonds is 7. The fourth-order valence-corrected chi connectivity index (χ4v) is 5.58. The molecule has 3 aromatic heterocycles. The average molecular weight is 508 g/mol. The summed E-state index contributed by atoms with van der Waals surface area (Å²) in [6.07, 6.45) is 3.91. The lowest BCUT2D eigenvalue weighted by atomic mass is 9.96. The Morgan fingerprint density at radius 3 is 2.60 bits per heavy atom. The third-order valence-corrected chi connectivity index (χ3v) is 7.71. The van der Waals surface area contributed by atoms with E-state index in [0.29, 0.717) is 30.7 Å². The van der Waals surface area contributed by atoms with Gasteiger partial charge in [0.05, 0.1) is 11.6 Å². The molecule has 0 aliphatic carbocycles. The Labute approximate surface area is 214 Å². The molecule has 4 heterocycles. The summed E-state index contributed by atoms with van der Waals surface area (Å²) in [6, 6.07) is 14.3. The number of pyridine rings is 1. The third-order valence-electron chi connectivity index (χ3n) is 6.55. The topological polar surface area (TPSA) is 64.3 Å². The zero-order chi connectivity index (χ0) is 24.4. The highest BCUT2D eigenvalue weighted by atomic mass is 35.5. The Hall–Kier alpha value is -2.87. The fraction of sp³-hybridized carbons (Fsp3) is 0.333. The van der Waals surface area contributed by atoms with Crippen LogP contribution >= 0.6 is 22.9 Å². The summed E-state index contributed by atoms with van der Waals surface area (Å²) in [5.74, 6) is -0.0691. The van der Waals surface area contributed by atoms with Crippen LogP contribution in [0.15, 0.2) is 60.2 Å². The standard InChI is InChI=1S/C27H30ClN5OS/c1-18(2)30-16-22(19-5-7-20(28)8-6-19)27(34)33-13-11-32(12-14-33)25-21-9-10-29-26(21)31-17-23(25)24-4-3-15-35-24/h3-10,15,17-18,22,30H,11-14,16H2,1-2H3,(H,29,31). The van der Waals surface area contributed by atoms with Crippen molar-refractivity contribution in [3.05, 3.63) is 70.8 Å². The number of thiophene rings is 1. The van der Waals surface area contributed by atoms with E-state index in [9.17, 15) is 4.79 Å². The number of hydrogen-bond donors (Lipinski definition) is 2.